The van der Waals surface area contributed by atoms with E-state index in [9.17, 15) is 18.0 Å². The number of anilines is 1. The smallest absolute Gasteiger partial charge is 0.337 e. The molecule has 1 aliphatic rings. The minimum absolute atomic E-state index is 0.143. The Labute approximate surface area is 198 Å². The maximum absolute atomic E-state index is 13.5. The van der Waals surface area contributed by atoms with Gasteiger partial charge in [-0.15, -0.1) is 0 Å². The third kappa shape index (κ3) is 4.48. The number of fused-ring (bicyclic) bond motifs is 1. The van der Waals surface area contributed by atoms with Crippen molar-refractivity contribution in [1.82, 2.24) is 4.31 Å². The average Bonchev–Trinajstić information content (AvgIpc) is 3.24. The van der Waals surface area contributed by atoms with Gasteiger partial charge in [-0.3, -0.25) is 4.79 Å². The summed E-state index contributed by atoms with van der Waals surface area (Å²) >= 11 is 4.48. The van der Waals surface area contributed by atoms with Gasteiger partial charge in [-0.25, -0.2) is 13.2 Å². The number of sulfonamides is 1. The highest BCUT2D eigenvalue weighted by Gasteiger charge is 2.44. The highest BCUT2D eigenvalue weighted by atomic mass is 32.2. The van der Waals surface area contributed by atoms with Crippen LogP contribution in [0.1, 0.15) is 16.8 Å². The molecule has 0 saturated carbocycles. The first-order chi connectivity index (χ1) is 15.7. The summed E-state index contributed by atoms with van der Waals surface area (Å²) in [5.74, 6) is -0.835. The number of methoxy groups -OCH3 is 1. The molecule has 0 N–H and O–H groups in total. The van der Waals surface area contributed by atoms with E-state index in [0.717, 1.165) is 10.8 Å². The van der Waals surface area contributed by atoms with E-state index in [0.29, 0.717) is 17.7 Å². The van der Waals surface area contributed by atoms with Crippen molar-refractivity contribution in [3.63, 3.8) is 0 Å². The molecular weight excluding hydrogens is 460 g/mol. The minimum atomic E-state index is -3.92. The second-order valence-corrected chi connectivity index (χ2v) is 10.5. The maximum atomic E-state index is 13.5. The number of carbonyl (C=O) groups is 2. The predicted molar refractivity (Wildman–Crippen MR) is 130 cm³/mol. The van der Waals surface area contributed by atoms with Gasteiger partial charge in [0.25, 0.3) is 0 Å². The molecule has 3 aromatic rings. The second kappa shape index (κ2) is 9.17. The molecule has 3 aromatic carbocycles. The molecule has 2 atom stereocenters. The largest absolute Gasteiger partial charge is 0.465 e. The molecule has 9 heteroatoms. The number of nitrogens with zero attached hydrogens (tertiary/aromatic N) is 2. The number of hydrogen-bond donors (Lipinski definition) is 1. The van der Waals surface area contributed by atoms with Gasteiger partial charge in [-0.05, 0) is 53.6 Å². The molecule has 2 unspecified atom stereocenters. The zero-order valence-electron chi connectivity index (χ0n) is 18.2. The fourth-order valence-electron chi connectivity index (χ4n) is 4.03. The molecule has 1 saturated heterocycles. The normalized spacial score (nSPS) is 18.9. The molecule has 172 valence electrons. The van der Waals surface area contributed by atoms with Crippen molar-refractivity contribution < 1.29 is 22.7 Å². The van der Waals surface area contributed by atoms with E-state index in [4.69, 9.17) is 4.74 Å². The molecular formula is C24H24N2O5S2. The molecule has 1 heterocycles. The van der Waals surface area contributed by atoms with Gasteiger partial charge in [0.05, 0.1) is 17.6 Å². The molecule has 7 nitrogen and oxygen atoms in total. The lowest BCUT2D eigenvalue weighted by Crippen LogP contribution is -2.46. The van der Waals surface area contributed by atoms with Gasteiger partial charge in [-0.2, -0.15) is 16.9 Å². The van der Waals surface area contributed by atoms with Gasteiger partial charge in [0, 0.05) is 24.5 Å². The lowest BCUT2D eigenvalue weighted by molar-refractivity contribution is -0.121. The zero-order chi connectivity index (χ0) is 23.8. The van der Waals surface area contributed by atoms with Crippen LogP contribution in [0.4, 0.5) is 5.69 Å². The molecule has 33 heavy (non-hydrogen) atoms. The summed E-state index contributed by atoms with van der Waals surface area (Å²) in [6.45, 7) is 0.143. The van der Waals surface area contributed by atoms with Crippen molar-refractivity contribution in [2.45, 2.75) is 22.6 Å². The van der Waals surface area contributed by atoms with Gasteiger partial charge in [0.1, 0.15) is 6.04 Å². The number of hydrogen-bond acceptors (Lipinski definition) is 6. The van der Waals surface area contributed by atoms with Gasteiger partial charge in [-0.1, -0.05) is 30.3 Å². The van der Waals surface area contributed by atoms with E-state index < -0.39 is 22.0 Å². The fourth-order valence-corrected chi connectivity index (χ4v) is 6.19. The lowest BCUT2D eigenvalue weighted by atomic mass is 10.1. The summed E-state index contributed by atoms with van der Waals surface area (Å²) < 4.78 is 33.0. The van der Waals surface area contributed by atoms with Crippen LogP contribution < -0.4 is 4.90 Å². The number of rotatable bonds is 5. The van der Waals surface area contributed by atoms with Gasteiger partial charge < -0.3 is 9.64 Å². The summed E-state index contributed by atoms with van der Waals surface area (Å²) in [6.07, 6.45) is 0.305. The van der Waals surface area contributed by atoms with Gasteiger partial charge in [0.2, 0.25) is 15.9 Å². The Kier molecular flexibility index (Phi) is 6.47. The zero-order valence-corrected chi connectivity index (χ0v) is 19.9. The Hall–Kier alpha value is -2.88. The van der Waals surface area contributed by atoms with E-state index in [1.54, 1.807) is 49.5 Å². The van der Waals surface area contributed by atoms with E-state index >= 15 is 0 Å². The molecule has 4 rings (SSSR count). The van der Waals surface area contributed by atoms with Crippen LogP contribution in [0.2, 0.25) is 0 Å². The third-order valence-electron chi connectivity index (χ3n) is 5.85. The Bertz CT molecular complexity index is 1310. The number of likely N-dealkylation sites (N-methyl/N-ethyl adjacent to an activating group) is 1. The van der Waals surface area contributed by atoms with Crippen LogP contribution >= 0.6 is 12.6 Å². The SMILES string of the molecule is COC(=O)c1ccc(N(C)C(=O)C2CC(S)CN2S(=O)(=O)c2ccc3ccccc3c2)cc1. The molecule has 0 spiro atoms. The van der Waals surface area contributed by atoms with Crippen LogP contribution in [-0.4, -0.2) is 56.6 Å². The maximum Gasteiger partial charge on any atom is 0.337 e. The predicted octanol–water partition coefficient (Wildman–Crippen LogP) is 3.35. The molecule has 1 aliphatic heterocycles. The Morgan fingerprint density at radius 2 is 1.70 bits per heavy atom. The summed E-state index contributed by atoms with van der Waals surface area (Å²) in [5, 5.41) is 1.49. The first-order valence-electron chi connectivity index (χ1n) is 10.4. The average molecular weight is 485 g/mol. The molecule has 1 amide bonds. The number of amides is 1. The van der Waals surface area contributed by atoms with Crippen molar-refractivity contribution in [3.05, 3.63) is 72.3 Å². The highest BCUT2D eigenvalue weighted by molar-refractivity contribution is 7.89. The Balaban J connectivity index is 1.62. The quantitative estimate of drug-likeness (QED) is 0.444. The van der Waals surface area contributed by atoms with Crippen LogP contribution in [0.3, 0.4) is 0 Å². The van der Waals surface area contributed by atoms with Crippen LogP contribution in [0.25, 0.3) is 10.8 Å². The lowest BCUT2D eigenvalue weighted by Gasteiger charge is -2.27. The van der Waals surface area contributed by atoms with Gasteiger partial charge in [0.15, 0.2) is 0 Å². The van der Waals surface area contributed by atoms with Crippen LogP contribution in [0.5, 0.6) is 0 Å². The minimum Gasteiger partial charge on any atom is -0.465 e. The molecule has 1 fully saturated rings. The molecule has 0 aromatic heterocycles. The first kappa shape index (κ1) is 23.3. The molecule has 0 aliphatic carbocycles. The van der Waals surface area contributed by atoms with Crippen LogP contribution in [0, 0.1) is 0 Å². The summed E-state index contributed by atoms with van der Waals surface area (Å²) in [6, 6.07) is 18.0. The third-order valence-corrected chi connectivity index (χ3v) is 8.10. The number of ether oxygens (including phenoxy) is 1. The van der Waals surface area contributed by atoms with E-state index in [1.807, 2.05) is 24.3 Å². The van der Waals surface area contributed by atoms with Crippen molar-refractivity contribution in [3.8, 4) is 0 Å². The number of esters is 1. The second-order valence-electron chi connectivity index (χ2n) is 7.92. The number of benzene rings is 3. The van der Waals surface area contributed by atoms with Gasteiger partial charge >= 0.3 is 5.97 Å². The highest BCUT2D eigenvalue weighted by Crippen LogP contribution is 2.32. The standard InChI is InChI=1S/C24H24N2O5S2/c1-25(19-10-7-17(8-11-19)24(28)31-2)23(27)22-14-20(32)15-26(22)33(29,30)21-12-9-16-5-3-4-6-18(16)13-21/h3-13,20,22,32H,14-15H2,1-2H3. The Morgan fingerprint density at radius 3 is 2.36 bits per heavy atom. The number of thiol groups is 1. The van der Waals surface area contributed by atoms with E-state index in [1.165, 1.54) is 16.3 Å². The topological polar surface area (TPSA) is 84.0 Å². The molecule has 0 radical (unpaired) electrons. The summed E-state index contributed by atoms with van der Waals surface area (Å²) in [5.41, 5.74) is 0.900. The van der Waals surface area contributed by atoms with Crippen molar-refractivity contribution in [2.24, 2.45) is 0 Å². The Morgan fingerprint density at radius 1 is 1.03 bits per heavy atom. The van der Waals surface area contributed by atoms with Crippen molar-refractivity contribution >= 4 is 51.0 Å². The van der Waals surface area contributed by atoms with Crippen LogP contribution in [0.15, 0.2) is 71.6 Å². The monoisotopic (exact) mass is 484 g/mol. The molecule has 0 bridgehead atoms. The summed E-state index contributed by atoms with van der Waals surface area (Å²) in [7, 11) is -1.04. The first-order valence-corrected chi connectivity index (χ1v) is 12.3. The van der Waals surface area contributed by atoms with Crippen LogP contribution in [-0.2, 0) is 19.6 Å². The van der Waals surface area contributed by atoms with E-state index in [-0.39, 0.29) is 22.6 Å². The van der Waals surface area contributed by atoms with Crippen molar-refractivity contribution in [1.29, 1.82) is 0 Å². The number of carbonyl (C=O) groups excluding carboxylic acids is 2. The summed E-state index contributed by atoms with van der Waals surface area (Å²) in [4.78, 5) is 26.6. The van der Waals surface area contributed by atoms with E-state index in [2.05, 4.69) is 12.6 Å². The van der Waals surface area contributed by atoms with Crippen molar-refractivity contribution in [2.75, 3.05) is 25.6 Å². The fraction of sp³-hybridized carbons (Fsp3) is 0.250.